The molecule has 2 aromatic heterocycles. The van der Waals surface area contributed by atoms with Gasteiger partial charge in [0.05, 0.1) is 11.1 Å². The van der Waals surface area contributed by atoms with Crippen molar-refractivity contribution in [2.24, 2.45) is 0 Å². The molecule has 2 N–H and O–H groups in total. The van der Waals surface area contributed by atoms with E-state index in [9.17, 15) is 4.79 Å². The predicted octanol–water partition coefficient (Wildman–Crippen LogP) is 3.65. The average molecular weight is 388 g/mol. The first-order valence-corrected chi connectivity index (χ1v) is 9.71. The molecule has 0 aromatic carbocycles. The number of anilines is 1. The van der Waals surface area contributed by atoms with Crippen LogP contribution in [0, 0.1) is 6.92 Å². The van der Waals surface area contributed by atoms with E-state index in [-0.39, 0.29) is 17.1 Å². The van der Waals surface area contributed by atoms with E-state index in [0.29, 0.717) is 11.7 Å². The lowest BCUT2D eigenvalue weighted by molar-refractivity contribution is -0.126. The molecule has 0 atom stereocenters. The second-order valence-electron chi connectivity index (χ2n) is 7.71. The third-order valence-corrected chi connectivity index (χ3v) is 5.42. The summed E-state index contributed by atoms with van der Waals surface area (Å²) < 4.78 is 0. The lowest BCUT2D eigenvalue weighted by Crippen LogP contribution is -2.47. The minimum absolute atomic E-state index is 0.0680. The number of nitrogens with one attached hydrogen (secondary N) is 2. The van der Waals surface area contributed by atoms with E-state index in [0.717, 1.165) is 37.1 Å². The number of hydrogen-bond donors (Lipinski definition) is 2. The van der Waals surface area contributed by atoms with Crippen molar-refractivity contribution >= 4 is 23.3 Å². The Bertz CT molecular complexity index is 785. The maximum Gasteiger partial charge on any atom is 0.232 e. The monoisotopic (exact) mass is 387 g/mol. The highest BCUT2D eigenvalue weighted by Crippen LogP contribution is 2.28. The predicted molar refractivity (Wildman–Crippen MR) is 107 cm³/mol. The molecule has 0 aliphatic heterocycles. The summed E-state index contributed by atoms with van der Waals surface area (Å²) in [7, 11) is 0. The van der Waals surface area contributed by atoms with E-state index in [1.54, 1.807) is 6.20 Å². The Morgan fingerprint density at radius 1 is 1.07 bits per heavy atom. The molecule has 27 heavy (non-hydrogen) atoms. The average Bonchev–Trinajstić information content (AvgIpc) is 2.65. The van der Waals surface area contributed by atoms with Crippen LogP contribution in [0.4, 0.5) is 5.82 Å². The SMILES string of the molecule is Cc1ccc(N[C@H]2CC[C@H](NC(=O)C(C)(C)c3nccnc3Cl)CC2)nc1. The second-order valence-corrected chi connectivity index (χ2v) is 8.07. The van der Waals surface area contributed by atoms with Gasteiger partial charge in [-0.05, 0) is 58.1 Å². The van der Waals surface area contributed by atoms with Crippen molar-refractivity contribution in [3.05, 3.63) is 47.1 Å². The number of aryl methyl sites for hydroxylation is 1. The minimum atomic E-state index is -0.827. The molecule has 6 nitrogen and oxygen atoms in total. The van der Waals surface area contributed by atoms with Crippen molar-refractivity contribution in [2.75, 3.05) is 5.32 Å². The molecule has 0 bridgehead atoms. The van der Waals surface area contributed by atoms with Crippen LogP contribution in [-0.2, 0) is 10.2 Å². The first kappa shape index (κ1) is 19.5. The molecule has 1 aliphatic carbocycles. The maximum atomic E-state index is 12.8. The molecule has 2 aromatic rings. The molecule has 7 heteroatoms. The van der Waals surface area contributed by atoms with Gasteiger partial charge >= 0.3 is 0 Å². The first-order chi connectivity index (χ1) is 12.9. The Labute approximate surface area is 165 Å². The van der Waals surface area contributed by atoms with E-state index in [2.05, 4.69) is 31.7 Å². The van der Waals surface area contributed by atoms with E-state index in [1.165, 1.54) is 6.20 Å². The van der Waals surface area contributed by atoms with E-state index < -0.39 is 5.41 Å². The topological polar surface area (TPSA) is 79.8 Å². The molecule has 0 radical (unpaired) electrons. The van der Waals surface area contributed by atoms with Gasteiger partial charge in [0.1, 0.15) is 5.82 Å². The molecule has 0 saturated heterocycles. The first-order valence-electron chi connectivity index (χ1n) is 9.33. The Morgan fingerprint density at radius 3 is 2.37 bits per heavy atom. The second kappa shape index (κ2) is 8.21. The number of hydrogen-bond acceptors (Lipinski definition) is 5. The fourth-order valence-electron chi connectivity index (χ4n) is 3.36. The van der Waals surface area contributed by atoms with Crippen LogP contribution in [0.15, 0.2) is 30.7 Å². The molecule has 3 rings (SSSR count). The molecule has 1 fully saturated rings. The molecule has 0 spiro atoms. The van der Waals surface area contributed by atoms with E-state index >= 15 is 0 Å². The van der Waals surface area contributed by atoms with Crippen molar-refractivity contribution in [1.82, 2.24) is 20.3 Å². The largest absolute Gasteiger partial charge is 0.367 e. The van der Waals surface area contributed by atoms with Crippen LogP contribution in [0.25, 0.3) is 0 Å². The number of aromatic nitrogens is 3. The zero-order valence-corrected chi connectivity index (χ0v) is 16.8. The van der Waals surface area contributed by atoms with Gasteiger partial charge < -0.3 is 10.6 Å². The number of carbonyl (C=O) groups is 1. The molecule has 1 amide bonds. The maximum absolute atomic E-state index is 12.8. The summed E-state index contributed by atoms with van der Waals surface area (Å²) in [4.78, 5) is 25.5. The Morgan fingerprint density at radius 2 is 1.74 bits per heavy atom. The van der Waals surface area contributed by atoms with Crippen molar-refractivity contribution in [1.29, 1.82) is 0 Å². The standard InChI is InChI=1S/C20H26ClN5O/c1-13-4-9-16(24-12-13)25-14-5-7-15(8-6-14)26-19(27)20(2,3)17-18(21)23-11-10-22-17/h4,9-12,14-15H,5-8H2,1-3H3,(H,24,25)(H,26,27)/t14-,15-. The van der Waals surface area contributed by atoms with Gasteiger partial charge in [0.2, 0.25) is 5.91 Å². The fourth-order valence-corrected chi connectivity index (χ4v) is 3.70. The van der Waals surface area contributed by atoms with Crippen LogP contribution in [0.5, 0.6) is 0 Å². The summed E-state index contributed by atoms with van der Waals surface area (Å²) >= 11 is 6.13. The highest BCUT2D eigenvalue weighted by molar-refractivity contribution is 6.30. The summed E-state index contributed by atoms with van der Waals surface area (Å²) in [6.07, 6.45) is 8.80. The summed E-state index contributed by atoms with van der Waals surface area (Å²) in [6.45, 7) is 5.68. The van der Waals surface area contributed by atoms with E-state index in [4.69, 9.17) is 11.6 Å². The van der Waals surface area contributed by atoms with Gasteiger partial charge in [-0.25, -0.2) is 9.97 Å². The molecule has 1 saturated carbocycles. The normalized spacial score (nSPS) is 20.1. The number of rotatable bonds is 5. The van der Waals surface area contributed by atoms with Crippen LogP contribution in [0.1, 0.15) is 50.8 Å². The Hall–Kier alpha value is -2.21. The van der Waals surface area contributed by atoms with Gasteiger partial charge in [0.25, 0.3) is 0 Å². The fraction of sp³-hybridized carbons (Fsp3) is 0.500. The Kier molecular flexibility index (Phi) is 5.95. The number of carbonyl (C=O) groups excluding carboxylic acids is 1. The van der Waals surface area contributed by atoms with Crippen LogP contribution in [-0.4, -0.2) is 32.9 Å². The van der Waals surface area contributed by atoms with Crippen LogP contribution >= 0.6 is 11.6 Å². The molecule has 1 aliphatic rings. The van der Waals surface area contributed by atoms with Crippen molar-refractivity contribution in [3.63, 3.8) is 0 Å². The van der Waals surface area contributed by atoms with Crippen LogP contribution < -0.4 is 10.6 Å². The summed E-state index contributed by atoms with van der Waals surface area (Å²) in [5.74, 6) is 0.841. The highest BCUT2D eigenvalue weighted by atomic mass is 35.5. The summed E-state index contributed by atoms with van der Waals surface area (Å²) in [5, 5.41) is 6.93. The Balaban J connectivity index is 1.53. The van der Waals surface area contributed by atoms with Crippen LogP contribution in [0.3, 0.4) is 0 Å². The zero-order chi connectivity index (χ0) is 19.4. The van der Waals surface area contributed by atoms with Gasteiger partial charge in [0.15, 0.2) is 5.15 Å². The van der Waals surface area contributed by atoms with Gasteiger partial charge in [0, 0.05) is 30.7 Å². The smallest absolute Gasteiger partial charge is 0.232 e. The molecule has 0 unspecified atom stereocenters. The molecular formula is C20H26ClN5O. The van der Waals surface area contributed by atoms with Gasteiger partial charge in [-0.15, -0.1) is 0 Å². The quantitative estimate of drug-likeness (QED) is 0.818. The lowest BCUT2D eigenvalue weighted by atomic mass is 9.86. The molecule has 144 valence electrons. The third kappa shape index (κ3) is 4.75. The molecule has 2 heterocycles. The number of nitrogens with zero attached hydrogens (tertiary/aromatic N) is 3. The van der Waals surface area contributed by atoms with Crippen molar-refractivity contribution < 1.29 is 4.79 Å². The van der Waals surface area contributed by atoms with Crippen molar-refractivity contribution in [3.8, 4) is 0 Å². The number of halogens is 1. The van der Waals surface area contributed by atoms with Crippen molar-refractivity contribution in [2.45, 2.75) is 64.0 Å². The summed E-state index contributed by atoms with van der Waals surface area (Å²) in [5.41, 5.74) is 0.828. The lowest BCUT2D eigenvalue weighted by Gasteiger charge is -2.32. The minimum Gasteiger partial charge on any atom is -0.367 e. The number of amides is 1. The van der Waals surface area contributed by atoms with Gasteiger partial charge in [-0.1, -0.05) is 17.7 Å². The van der Waals surface area contributed by atoms with Crippen LogP contribution in [0.2, 0.25) is 5.15 Å². The van der Waals surface area contributed by atoms with Gasteiger partial charge in [-0.2, -0.15) is 0 Å². The highest BCUT2D eigenvalue weighted by Gasteiger charge is 2.35. The zero-order valence-electron chi connectivity index (χ0n) is 16.0. The molecular weight excluding hydrogens is 362 g/mol. The number of pyridine rings is 1. The van der Waals surface area contributed by atoms with Gasteiger partial charge in [-0.3, -0.25) is 9.78 Å². The van der Waals surface area contributed by atoms with E-state index in [1.807, 2.05) is 33.0 Å². The summed E-state index contributed by atoms with van der Waals surface area (Å²) in [6, 6.07) is 4.61. The third-order valence-electron chi connectivity index (χ3n) is 5.14.